The molecule has 0 aliphatic carbocycles. The van der Waals surface area contributed by atoms with Crippen LogP contribution in [0.2, 0.25) is 5.02 Å². The topological polar surface area (TPSA) is 49.9 Å². The molecule has 0 aliphatic rings. The summed E-state index contributed by atoms with van der Waals surface area (Å²) < 4.78 is 0. The fourth-order valence-corrected chi connectivity index (χ4v) is 1.89. The van der Waals surface area contributed by atoms with Crippen molar-refractivity contribution in [3.63, 3.8) is 0 Å². The van der Waals surface area contributed by atoms with E-state index in [0.29, 0.717) is 21.5 Å². The summed E-state index contributed by atoms with van der Waals surface area (Å²) in [7, 11) is 0. The quantitative estimate of drug-likeness (QED) is 0.663. The molecule has 2 aromatic rings. The molecule has 16 heavy (non-hydrogen) atoms. The monoisotopic (exact) mass is 255 g/mol. The summed E-state index contributed by atoms with van der Waals surface area (Å²) in [5, 5.41) is 1.05. The first-order valence-corrected chi connectivity index (χ1v) is 5.45. The molecule has 0 saturated carbocycles. The normalized spacial score (nSPS) is 10.6. The number of carbonyl (C=O) groups is 1. The Bertz CT molecular complexity index is 619. The molecule has 3 nitrogen and oxygen atoms in total. The third-order valence-electron chi connectivity index (χ3n) is 2.23. The van der Waals surface area contributed by atoms with Gasteiger partial charge in [-0.15, -0.1) is 11.6 Å². The number of hydrogen-bond acceptors (Lipinski definition) is 2. The Balaban J connectivity index is 2.73. The van der Waals surface area contributed by atoms with Crippen molar-refractivity contribution in [3.05, 3.63) is 45.2 Å². The lowest BCUT2D eigenvalue weighted by molar-refractivity contribution is 0.102. The summed E-state index contributed by atoms with van der Waals surface area (Å²) in [6.07, 6.45) is 0. The van der Waals surface area contributed by atoms with Gasteiger partial charge in [-0.2, -0.15) is 0 Å². The second kappa shape index (κ2) is 4.28. The molecule has 0 atom stereocenters. The van der Waals surface area contributed by atoms with Crippen molar-refractivity contribution < 1.29 is 4.79 Å². The molecule has 2 rings (SSSR count). The number of pyridine rings is 1. The van der Waals surface area contributed by atoms with Crippen molar-refractivity contribution in [3.8, 4) is 0 Å². The molecule has 0 saturated heterocycles. The van der Waals surface area contributed by atoms with E-state index in [1.165, 1.54) is 12.1 Å². The van der Waals surface area contributed by atoms with Crippen molar-refractivity contribution >= 4 is 39.9 Å². The third kappa shape index (κ3) is 1.96. The van der Waals surface area contributed by atoms with E-state index in [1.807, 2.05) is 0 Å². The van der Waals surface area contributed by atoms with Gasteiger partial charge in [0.25, 0.3) is 0 Å². The molecular formula is C11H7Cl2NO2. The second-order valence-electron chi connectivity index (χ2n) is 3.30. The van der Waals surface area contributed by atoms with Crippen LogP contribution in [0.5, 0.6) is 0 Å². The van der Waals surface area contributed by atoms with Gasteiger partial charge in [0.2, 0.25) is 5.56 Å². The molecule has 1 N–H and O–H groups in total. The number of aromatic nitrogens is 1. The lowest BCUT2D eigenvalue weighted by atomic mass is 10.1. The van der Waals surface area contributed by atoms with E-state index in [1.54, 1.807) is 12.1 Å². The van der Waals surface area contributed by atoms with Crippen LogP contribution in [-0.2, 0) is 0 Å². The maximum absolute atomic E-state index is 11.4. The van der Waals surface area contributed by atoms with E-state index in [-0.39, 0.29) is 17.2 Å². The van der Waals surface area contributed by atoms with Gasteiger partial charge in [-0.1, -0.05) is 11.6 Å². The van der Waals surface area contributed by atoms with Crippen LogP contribution in [0.25, 0.3) is 10.9 Å². The van der Waals surface area contributed by atoms with Gasteiger partial charge in [0.1, 0.15) is 0 Å². The Labute approximate surface area is 101 Å². The molecule has 0 aliphatic heterocycles. The Hall–Kier alpha value is -1.32. The number of rotatable bonds is 2. The predicted molar refractivity (Wildman–Crippen MR) is 64.6 cm³/mol. The van der Waals surface area contributed by atoms with Gasteiger partial charge in [0, 0.05) is 17.0 Å². The zero-order chi connectivity index (χ0) is 11.7. The average Bonchev–Trinajstić information content (AvgIpc) is 2.28. The number of nitrogens with one attached hydrogen (secondary N) is 1. The van der Waals surface area contributed by atoms with Crippen LogP contribution in [0.4, 0.5) is 0 Å². The highest BCUT2D eigenvalue weighted by Crippen LogP contribution is 2.22. The van der Waals surface area contributed by atoms with Gasteiger partial charge in [0.05, 0.1) is 16.4 Å². The molecule has 0 amide bonds. The molecule has 1 aromatic carbocycles. The first kappa shape index (κ1) is 11.2. The van der Waals surface area contributed by atoms with Crippen molar-refractivity contribution in [2.45, 2.75) is 0 Å². The van der Waals surface area contributed by atoms with Crippen LogP contribution in [0.3, 0.4) is 0 Å². The minimum absolute atomic E-state index is 0.0921. The van der Waals surface area contributed by atoms with Gasteiger partial charge < -0.3 is 4.98 Å². The Morgan fingerprint density at radius 2 is 2.06 bits per heavy atom. The number of alkyl halides is 1. The van der Waals surface area contributed by atoms with Gasteiger partial charge in [-0.25, -0.2) is 0 Å². The number of fused-ring (bicyclic) bond motifs is 1. The van der Waals surface area contributed by atoms with Crippen LogP contribution < -0.4 is 5.56 Å². The summed E-state index contributed by atoms with van der Waals surface area (Å²) in [6.45, 7) is 0. The highest BCUT2D eigenvalue weighted by Gasteiger charge is 2.08. The standard InChI is InChI=1S/C11H7Cl2NO2/c12-5-9(15)7-3-6-1-2-10(16)14-11(6)8(13)4-7/h1-4H,5H2,(H,14,16). The van der Waals surface area contributed by atoms with Crippen LogP contribution in [-0.4, -0.2) is 16.6 Å². The van der Waals surface area contributed by atoms with Gasteiger partial charge in [0.15, 0.2) is 5.78 Å². The molecule has 0 bridgehead atoms. The van der Waals surface area contributed by atoms with E-state index in [2.05, 4.69) is 4.98 Å². The number of Topliss-reactive ketones (excluding diaryl/α,β-unsaturated/α-hetero) is 1. The van der Waals surface area contributed by atoms with Gasteiger partial charge in [-0.3, -0.25) is 9.59 Å². The summed E-state index contributed by atoms with van der Waals surface area (Å²) in [5.41, 5.74) is 0.741. The summed E-state index contributed by atoms with van der Waals surface area (Å²) in [6, 6.07) is 6.16. The molecule has 0 spiro atoms. The fraction of sp³-hybridized carbons (Fsp3) is 0.0909. The number of benzene rings is 1. The van der Waals surface area contributed by atoms with Crippen LogP contribution in [0.15, 0.2) is 29.1 Å². The minimum atomic E-state index is -0.231. The first-order valence-electron chi connectivity index (χ1n) is 4.53. The van der Waals surface area contributed by atoms with Crippen LogP contribution >= 0.6 is 23.2 Å². The first-order chi connectivity index (χ1) is 7.61. The van der Waals surface area contributed by atoms with Crippen molar-refractivity contribution in [2.24, 2.45) is 0 Å². The molecule has 5 heteroatoms. The third-order valence-corrected chi connectivity index (χ3v) is 2.77. The van der Waals surface area contributed by atoms with Crippen molar-refractivity contribution in [1.29, 1.82) is 0 Å². The van der Waals surface area contributed by atoms with Crippen LogP contribution in [0, 0.1) is 0 Å². The number of hydrogen-bond donors (Lipinski definition) is 1. The predicted octanol–water partition coefficient (Wildman–Crippen LogP) is 2.60. The smallest absolute Gasteiger partial charge is 0.248 e. The fourth-order valence-electron chi connectivity index (χ4n) is 1.46. The van der Waals surface area contributed by atoms with Gasteiger partial charge in [-0.05, 0) is 18.2 Å². The average molecular weight is 256 g/mol. The maximum Gasteiger partial charge on any atom is 0.248 e. The summed E-state index contributed by atoms with van der Waals surface area (Å²) in [5.74, 6) is -0.290. The maximum atomic E-state index is 11.4. The number of aromatic amines is 1. The highest BCUT2D eigenvalue weighted by atomic mass is 35.5. The van der Waals surface area contributed by atoms with E-state index in [9.17, 15) is 9.59 Å². The van der Waals surface area contributed by atoms with E-state index in [0.717, 1.165) is 0 Å². The second-order valence-corrected chi connectivity index (χ2v) is 3.98. The molecular weight excluding hydrogens is 249 g/mol. The number of carbonyl (C=O) groups excluding carboxylic acids is 1. The zero-order valence-corrected chi connectivity index (χ0v) is 9.60. The number of ketones is 1. The Kier molecular flexibility index (Phi) is 2.99. The molecule has 0 radical (unpaired) electrons. The lowest BCUT2D eigenvalue weighted by Gasteiger charge is -2.03. The van der Waals surface area contributed by atoms with Crippen LogP contribution in [0.1, 0.15) is 10.4 Å². The number of H-pyrrole nitrogens is 1. The zero-order valence-electron chi connectivity index (χ0n) is 8.09. The number of halogens is 2. The molecule has 1 aromatic heterocycles. The Morgan fingerprint density at radius 3 is 2.75 bits per heavy atom. The molecule has 0 fully saturated rings. The molecule has 0 unspecified atom stereocenters. The molecule has 82 valence electrons. The largest absolute Gasteiger partial charge is 0.321 e. The van der Waals surface area contributed by atoms with E-state index < -0.39 is 0 Å². The highest BCUT2D eigenvalue weighted by molar-refractivity contribution is 6.36. The lowest BCUT2D eigenvalue weighted by Crippen LogP contribution is -2.05. The minimum Gasteiger partial charge on any atom is -0.321 e. The SMILES string of the molecule is O=C(CCl)c1cc(Cl)c2[nH]c(=O)ccc2c1. The Morgan fingerprint density at radius 1 is 1.31 bits per heavy atom. The van der Waals surface area contributed by atoms with Crippen molar-refractivity contribution in [2.75, 3.05) is 5.88 Å². The molecule has 1 heterocycles. The van der Waals surface area contributed by atoms with E-state index in [4.69, 9.17) is 23.2 Å². The van der Waals surface area contributed by atoms with Crippen molar-refractivity contribution in [1.82, 2.24) is 4.98 Å². The van der Waals surface area contributed by atoms with E-state index >= 15 is 0 Å². The van der Waals surface area contributed by atoms with Gasteiger partial charge >= 0.3 is 0 Å². The summed E-state index contributed by atoms with van der Waals surface area (Å²) >= 11 is 11.4. The summed E-state index contributed by atoms with van der Waals surface area (Å²) in [4.78, 5) is 25.1.